The van der Waals surface area contributed by atoms with Gasteiger partial charge in [-0.15, -0.1) is 11.3 Å². The summed E-state index contributed by atoms with van der Waals surface area (Å²) in [5.74, 6) is 0.968. The summed E-state index contributed by atoms with van der Waals surface area (Å²) >= 11 is 1.81. The van der Waals surface area contributed by atoms with Crippen molar-refractivity contribution in [1.29, 1.82) is 0 Å². The van der Waals surface area contributed by atoms with Crippen molar-refractivity contribution in [3.63, 3.8) is 0 Å². The SMILES string of the molecule is Cc1nc(C(C)(C)C)sc1C(C)NC(C)c1ccco1. The molecule has 0 saturated carbocycles. The lowest BCUT2D eigenvalue weighted by atomic mass is 9.98. The van der Waals surface area contributed by atoms with Gasteiger partial charge in [-0.05, 0) is 32.9 Å². The van der Waals surface area contributed by atoms with Gasteiger partial charge in [0.05, 0.1) is 23.0 Å². The van der Waals surface area contributed by atoms with E-state index in [1.54, 1.807) is 6.26 Å². The summed E-state index contributed by atoms with van der Waals surface area (Å²) in [4.78, 5) is 6.04. The zero-order valence-corrected chi connectivity index (χ0v) is 14.0. The van der Waals surface area contributed by atoms with Crippen molar-refractivity contribution in [3.05, 3.63) is 39.7 Å². The molecule has 2 atom stereocenters. The number of thiazole rings is 1. The first-order valence-corrected chi connectivity index (χ1v) is 7.88. The van der Waals surface area contributed by atoms with Crippen LogP contribution in [0.4, 0.5) is 0 Å². The van der Waals surface area contributed by atoms with Crippen LogP contribution < -0.4 is 5.32 Å². The molecule has 2 unspecified atom stereocenters. The number of aromatic nitrogens is 1. The second-order valence-electron chi connectivity index (χ2n) is 6.34. The molecule has 0 aliphatic rings. The molecule has 0 aliphatic heterocycles. The fraction of sp³-hybridized carbons (Fsp3) is 0.562. The summed E-state index contributed by atoms with van der Waals surface area (Å²) in [5, 5.41) is 4.78. The van der Waals surface area contributed by atoms with Crippen LogP contribution in [-0.2, 0) is 5.41 Å². The van der Waals surface area contributed by atoms with Gasteiger partial charge in [0.25, 0.3) is 0 Å². The molecule has 2 rings (SSSR count). The maximum absolute atomic E-state index is 5.45. The lowest BCUT2D eigenvalue weighted by Gasteiger charge is -2.18. The van der Waals surface area contributed by atoms with E-state index in [1.165, 1.54) is 9.88 Å². The molecule has 1 N–H and O–H groups in total. The van der Waals surface area contributed by atoms with E-state index in [1.807, 2.05) is 23.5 Å². The van der Waals surface area contributed by atoms with Gasteiger partial charge in [0.2, 0.25) is 0 Å². The first-order chi connectivity index (χ1) is 9.29. The number of nitrogens with one attached hydrogen (secondary N) is 1. The van der Waals surface area contributed by atoms with E-state index >= 15 is 0 Å². The van der Waals surface area contributed by atoms with Gasteiger partial charge >= 0.3 is 0 Å². The third-order valence-electron chi connectivity index (χ3n) is 3.34. The Kier molecular flexibility index (Phi) is 4.35. The van der Waals surface area contributed by atoms with Gasteiger partial charge < -0.3 is 9.73 Å². The Labute approximate surface area is 125 Å². The Morgan fingerprint density at radius 2 is 1.95 bits per heavy atom. The van der Waals surface area contributed by atoms with Gasteiger partial charge in [-0.1, -0.05) is 20.8 Å². The van der Waals surface area contributed by atoms with Crippen molar-refractivity contribution in [2.24, 2.45) is 0 Å². The van der Waals surface area contributed by atoms with Crippen molar-refractivity contribution < 1.29 is 4.42 Å². The number of rotatable bonds is 4. The number of hydrogen-bond donors (Lipinski definition) is 1. The monoisotopic (exact) mass is 292 g/mol. The molecule has 0 radical (unpaired) electrons. The molecule has 110 valence electrons. The molecule has 2 heterocycles. The van der Waals surface area contributed by atoms with Gasteiger partial charge in [-0.3, -0.25) is 0 Å². The molecule has 0 fully saturated rings. The smallest absolute Gasteiger partial charge is 0.120 e. The summed E-state index contributed by atoms with van der Waals surface area (Å²) in [6, 6.07) is 4.39. The normalized spacial score (nSPS) is 15.3. The quantitative estimate of drug-likeness (QED) is 0.883. The first-order valence-electron chi connectivity index (χ1n) is 7.06. The number of furan rings is 1. The number of nitrogens with zero attached hydrogens (tertiary/aromatic N) is 1. The highest BCUT2D eigenvalue weighted by Gasteiger charge is 2.23. The molecule has 0 spiro atoms. The van der Waals surface area contributed by atoms with E-state index in [0.717, 1.165) is 11.5 Å². The highest BCUT2D eigenvalue weighted by atomic mass is 32.1. The lowest BCUT2D eigenvalue weighted by molar-refractivity contribution is 0.404. The van der Waals surface area contributed by atoms with E-state index in [9.17, 15) is 0 Å². The fourth-order valence-electron chi connectivity index (χ4n) is 2.20. The summed E-state index contributed by atoms with van der Waals surface area (Å²) in [6.07, 6.45) is 1.72. The molecule has 0 aliphatic carbocycles. The van der Waals surface area contributed by atoms with Crippen LogP contribution in [0.2, 0.25) is 0 Å². The van der Waals surface area contributed by atoms with Crippen molar-refractivity contribution in [3.8, 4) is 0 Å². The van der Waals surface area contributed by atoms with Gasteiger partial charge in [-0.2, -0.15) is 0 Å². The fourth-order valence-corrected chi connectivity index (χ4v) is 3.34. The molecule has 2 aromatic heterocycles. The molecular weight excluding hydrogens is 268 g/mol. The van der Waals surface area contributed by atoms with Crippen LogP contribution in [0.5, 0.6) is 0 Å². The molecule has 0 saturated heterocycles. The van der Waals surface area contributed by atoms with Crippen LogP contribution in [0.15, 0.2) is 22.8 Å². The van der Waals surface area contributed by atoms with Crippen LogP contribution >= 0.6 is 11.3 Å². The molecule has 20 heavy (non-hydrogen) atoms. The Morgan fingerprint density at radius 3 is 2.45 bits per heavy atom. The van der Waals surface area contributed by atoms with Gasteiger partial charge in [0.1, 0.15) is 5.76 Å². The standard InChI is InChI=1S/C16H24N2OS/c1-10(13-8-7-9-19-13)17-11(2)14-12(3)18-15(20-14)16(4,5)6/h7-11,17H,1-6H3. The predicted molar refractivity (Wildman–Crippen MR) is 84.2 cm³/mol. The average molecular weight is 292 g/mol. The van der Waals surface area contributed by atoms with E-state index in [0.29, 0.717) is 0 Å². The third kappa shape index (κ3) is 3.30. The number of hydrogen-bond acceptors (Lipinski definition) is 4. The second kappa shape index (κ2) is 5.70. The van der Waals surface area contributed by atoms with E-state index < -0.39 is 0 Å². The minimum absolute atomic E-state index is 0.111. The van der Waals surface area contributed by atoms with Gasteiger partial charge in [0.15, 0.2) is 0 Å². The zero-order valence-electron chi connectivity index (χ0n) is 13.2. The predicted octanol–water partition coefficient (Wildman–Crippen LogP) is 4.75. The molecule has 3 nitrogen and oxygen atoms in total. The Balaban J connectivity index is 2.13. The third-order valence-corrected chi connectivity index (χ3v) is 5.10. The molecule has 0 amide bonds. The maximum atomic E-state index is 5.45. The largest absolute Gasteiger partial charge is 0.468 e. The Bertz CT molecular complexity index is 552. The second-order valence-corrected chi connectivity index (χ2v) is 7.37. The summed E-state index contributed by atoms with van der Waals surface area (Å²) < 4.78 is 5.45. The minimum Gasteiger partial charge on any atom is -0.468 e. The van der Waals surface area contributed by atoms with Crippen LogP contribution in [0.25, 0.3) is 0 Å². The highest BCUT2D eigenvalue weighted by Crippen LogP contribution is 2.33. The van der Waals surface area contributed by atoms with Crippen LogP contribution in [-0.4, -0.2) is 4.98 Å². The summed E-state index contributed by atoms with van der Waals surface area (Å²) in [7, 11) is 0. The summed E-state index contributed by atoms with van der Waals surface area (Å²) in [6.45, 7) is 13.0. The van der Waals surface area contributed by atoms with E-state index in [-0.39, 0.29) is 17.5 Å². The van der Waals surface area contributed by atoms with Crippen LogP contribution in [0.1, 0.15) is 68.0 Å². The molecule has 2 aromatic rings. The summed E-state index contributed by atoms with van der Waals surface area (Å²) in [5.41, 5.74) is 1.24. The number of aryl methyl sites for hydroxylation is 1. The Hall–Kier alpha value is -1.13. The van der Waals surface area contributed by atoms with E-state index in [2.05, 4.69) is 46.9 Å². The van der Waals surface area contributed by atoms with Crippen LogP contribution in [0.3, 0.4) is 0 Å². The lowest BCUT2D eigenvalue weighted by Crippen LogP contribution is -2.22. The van der Waals surface area contributed by atoms with Gasteiger partial charge in [0, 0.05) is 16.3 Å². The molecule has 0 aromatic carbocycles. The zero-order chi connectivity index (χ0) is 14.9. The van der Waals surface area contributed by atoms with E-state index in [4.69, 9.17) is 9.40 Å². The topological polar surface area (TPSA) is 38.1 Å². The minimum atomic E-state index is 0.111. The van der Waals surface area contributed by atoms with Crippen molar-refractivity contribution in [2.75, 3.05) is 0 Å². The molecule has 0 bridgehead atoms. The van der Waals surface area contributed by atoms with Crippen LogP contribution in [0, 0.1) is 6.92 Å². The maximum Gasteiger partial charge on any atom is 0.120 e. The first kappa shape index (κ1) is 15.3. The van der Waals surface area contributed by atoms with Gasteiger partial charge in [-0.25, -0.2) is 4.98 Å². The average Bonchev–Trinajstić information content (AvgIpc) is 2.95. The molecule has 4 heteroatoms. The van der Waals surface area contributed by atoms with Crippen molar-refractivity contribution in [1.82, 2.24) is 10.3 Å². The molecular formula is C16H24N2OS. The van der Waals surface area contributed by atoms with Crippen molar-refractivity contribution in [2.45, 2.75) is 59.0 Å². The highest BCUT2D eigenvalue weighted by molar-refractivity contribution is 7.12. The van der Waals surface area contributed by atoms with Crippen molar-refractivity contribution >= 4 is 11.3 Å². The Morgan fingerprint density at radius 1 is 1.25 bits per heavy atom.